The van der Waals surface area contributed by atoms with Gasteiger partial charge in [-0.3, -0.25) is 10.1 Å². The quantitative estimate of drug-likeness (QED) is 0.620. The first-order valence-corrected chi connectivity index (χ1v) is 7.24. The zero-order valence-corrected chi connectivity index (χ0v) is 13.4. The number of nitro groups is 1. The molecule has 0 saturated carbocycles. The van der Waals surface area contributed by atoms with Gasteiger partial charge < -0.3 is 10.1 Å². The zero-order chi connectivity index (χ0) is 15.4. The lowest BCUT2D eigenvalue weighted by Gasteiger charge is -2.13. The van der Waals surface area contributed by atoms with Crippen molar-refractivity contribution in [2.24, 2.45) is 0 Å². The fourth-order valence-electron chi connectivity index (χ4n) is 1.84. The van der Waals surface area contributed by atoms with Crippen LogP contribution in [-0.2, 0) is 6.54 Å². The van der Waals surface area contributed by atoms with Gasteiger partial charge in [-0.2, -0.15) is 0 Å². The number of halogens is 2. The Balaban J connectivity index is 2.50. The number of hydrogen-bond donors (Lipinski definition) is 1. The van der Waals surface area contributed by atoms with Crippen LogP contribution in [-0.4, -0.2) is 12.0 Å². The topological polar surface area (TPSA) is 64.4 Å². The van der Waals surface area contributed by atoms with E-state index in [1.54, 1.807) is 31.3 Å². The van der Waals surface area contributed by atoms with Gasteiger partial charge >= 0.3 is 5.69 Å². The predicted octanol–water partition coefficient (Wildman–Crippen LogP) is 4.52. The minimum atomic E-state index is -0.491. The molecule has 5 nitrogen and oxygen atoms in total. The summed E-state index contributed by atoms with van der Waals surface area (Å²) in [5, 5.41) is 14.5. The van der Waals surface area contributed by atoms with Crippen LogP contribution in [0.25, 0.3) is 0 Å². The van der Waals surface area contributed by atoms with Crippen molar-refractivity contribution in [1.29, 1.82) is 0 Å². The number of hydrogen-bond acceptors (Lipinski definition) is 4. The normalized spacial score (nSPS) is 10.4. The Hall–Kier alpha value is -1.63. The van der Waals surface area contributed by atoms with Gasteiger partial charge in [-0.1, -0.05) is 29.8 Å². The van der Waals surface area contributed by atoms with Gasteiger partial charge in [-0.15, -0.1) is 0 Å². The minimum Gasteiger partial charge on any atom is -0.447 e. The summed E-state index contributed by atoms with van der Waals surface area (Å²) in [6.45, 7) is 0.536. The highest BCUT2D eigenvalue weighted by atomic mass is 79.9. The van der Waals surface area contributed by atoms with E-state index in [0.717, 1.165) is 5.56 Å². The predicted molar refractivity (Wildman–Crippen MR) is 85.1 cm³/mol. The highest BCUT2D eigenvalue weighted by Gasteiger charge is 2.21. The second kappa shape index (κ2) is 6.89. The molecule has 1 N–H and O–H groups in total. The number of nitrogens with one attached hydrogen (secondary N) is 1. The van der Waals surface area contributed by atoms with Crippen LogP contribution < -0.4 is 10.1 Å². The molecule has 0 unspecified atom stereocenters. The van der Waals surface area contributed by atoms with Gasteiger partial charge in [0.15, 0.2) is 5.75 Å². The van der Waals surface area contributed by atoms with Gasteiger partial charge in [-0.05, 0) is 35.1 Å². The molecule has 0 aliphatic rings. The van der Waals surface area contributed by atoms with Gasteiger partial charge in [-0.25, -0.2) is 0 Å². The molecule has 0 atom stereocenters. The van der Waals surface area contributed by atoms with Crippen molar-refractivity contribution in [1.82, 2.24) is 5.32 Å². The van der Waals surface area contributed by atoms with Crippen LogP contribution in [0.4, 0.5) is 5.69 Å². The molecule has 0 aromatic heterocycles. The van der Waals surface area contributed by atoms with Crippen molar-refractivity contribution in [2.45, 2.75) is 6.54 Å². The number of nitro benzene ring substituents is 1. The summed E-state index contributed by atoms with van der Waals surface area (Å²) in [6.07, 6.45) is 0. The van der Waals surface area contributed by atoms with Gasteiger partial charge in [0.05, 0.1) is 14.4 Å². The molecule has 0 amide bonds. The largest absolute Gasteiger partial charge is 0.447 e. The number of para-hydroxylation sites is 2. The van der Waals surface area contributed by atoms with Gasteiger partial charge in [0.1, 0.15) is 0 Å². The number of nitrogens with zero attached hydrogens (tertiary/aromatic N) is 1. The van der Waals surface area contributed by atoms with E-state index in [1.165, 1.54) is 6.07 Å². The van der Waals surface area contributed by atoms with Crippen LogP contribution >= 0.6 is 27.5 Å². The van der Waals surface area contributed by atoms with Gasteiger partial charge in [0.25, 0.3) is 0 Å². The smallest absolute Gasteiger partial charge is 0.312 e. The molecule has 2 aromatic rings. The third-order valence-electron chi connectivity index (χ3n) is 2.76. The van der Waals surface area contributed by atoms with Crippen molar-refractivity contribution in [3.8, 4) is 11.5 Å². The molecular weight excluding hydrogens is 360 g/mol. The maximum absolute atomic E-state index is 11.1. The summed E-state index contributed by atoms with van der Waals surface area (Å²) in [7, 11) is 1.80. The molecule has 0 fully saturated rings. The van der Waals surface area contributed by atoms with E-state index in [4.69, 9.17) is 16.3 Å². The number of benzene rings is 2. The van der Waals surface area contributed by atoms with Crippen LogP contribution in [0.1, 0.15) is 5.56 Å². The summed E-state index contributed by atoms with van der Waals surface area (Å²) in [4.78, 5) is 10.6. The first kappa shape index (κ1) is 15.8. The van der Waals surface area contributed by atoms with Crippen molar-refractivity contribution < 1.29 is 9.66 Å². The minimum absolute atomic E-state index is 0.125. The molecule has 0 radical (unpaired) electrons. The molecule has 0 heterocycles. The molecular formula is C14H12BrClN2O3. The monoisotopic (exact) mass is 370 g/mol. The van der Waals surface area contributed by atoms with E-state index in [2.05, 4.69) is 21.2 Å². The van der Waals surface area contributed by atoms with Crippen molar-refractivity contribution in [3.05, 3.63) is 61.6 Å². The van der Waals surface area contributed by atoms with Crippen LogP contribution in [0.15, 0.2) is 40.9 Å². The summed E-state index contributed by atoms with van der Waals surface area (Å²) < 4.78 is 6.25. The second-order valence-corrected chi connectivity index (χ2v) is 5.47. The highest BCUT2D eigenvalue weighted by Crippen LogP contribution is 2.41. The lowest BCUT2D eigenvalue weighted by atomic mass is 10.2. The Morgan fingerprint density at radius 2 is 2.00 bits per heavy atom. The van der Waals surface area contributed by atoms with Crippen molar-refractivity contribution in [3.63, 3.8) is 0 Å². The molecule has 110 valence electrons. The van der Waals surface area contributed by atoms with E-state index in [1.807, 2.05) is 6.07 Å². The average Bonchev–Trinajstić information content (AvgIpc) is 2.44. The molecule has 2 rings (SSSR count). The third kappa shape index (κ3) is 3.53. The fraction of sp³-hybridized carbons (Fsp3) is 0.143. The van der Waals surface area contributed by atoms with E-state index in [-0.39, 0.29) is 11.4 Å². The number of ether oxygens (including phenoxy) is 1. The van der Waals surface area contributed by atoms with Crippen molar-refractivity contribution >= 4 is 33.2 Å². The van der Waals surface area contributed by atoms with Gasteiger partial charge in [0, 0.05) is 18.2 Å². The lowest BCUT2D eigenvalue weighted by molar-refractivity contribution is -0.385. The average molecular weight is 372 g/mol. The van der Waals surface area contributed by atoms with Gasteiger partial charge in [0.2, 0.25) is 5.75 Å². The summed E-state index contributed by atoms with van der Waals surface area (Å²) in [5.41, 5.74) is 0.690. The molecule has 2 aromatic carbocycles. The van der Waals surface area contributed by atoms with Crippen LogP contribution in [0, 0.1) is 10.1 Å². The molecule has 0 aliphatic heterocycles. The van der Waals surface area contributed by atoms with E-state index in [0.29, 0.717) is 21.8 Å². The Bertz CT molecular complexity index is 679. The molecule has 21 heavy (non-hydrogen) atoms. The summed E-state index contributed by atoms with van der Waals surface area (Å²) >= 11 is 9.43. The molecule has 0 bridgehead atoms. The Labute approximate surface area is 135 Å². The van der Waals surface area contributed by atoms with E-state index < -0.39 is 4.92 Å². The lowest BCUT2D eigenvalue weighted by Crippen LogP contribution is -2.07. The maximum atomic E-state index is 11.1. The SMILES string of the molecule is CNCc1cccc(Cl)c1Oc1c(Br)cccc1[N+](=O)[O-]. The second-order valence-electron chi connectivity index (χ2n) is 4.21. The Morgan fingerprint density at radius 1 is 1.29 bits per heavy atom. The first-order chi connectivity index (χ1) is 10.0. The van der Waals surface area contributed by atoms with E-state index in [9.17, 15) is 10.1 Å². The molecule has 0 saturated heterocycles. The standard InChI is InChI=1S/C14H12BrClN2O3/c1-17-8-9-4-2-6-11(16)13(9)21-14-10(15)5-3-7-12(14)18(19)20/h2-7,17H,8H2,1H3. The maximum Gasteiger partial charge on any atom is 0.312 e. The van der Waals surface area contributed by atoms with Crippen LogP contribution in [0.2, 0.25) is 5.02 Å². The molecule has 7 heteroatoms. The third-order valence-corrected chi connectivity index (χ3v) is 3.68. The Morgan fingerprint density at radius 3 is 2.67 bits per heavy atom. The number of rotatable bonds is 5. The van der Waals surface area contributed by atoms with E-state index >= 15 is 0 Å². The van der Waals surface area contributed by atoms with Crippen LogP contribution in [0.5, 0.6) is 11.5 Å². The highest BCUT2D eigenvalue weighted by molar-refractivity contribution is 9.10. The Kier molecular flexibility index (Phi) is 5.17. The zero-order valence-electron chi connectivity index (χ0n) is 11.1. The summed E-state index contributed by atoms with van der Waals surface area (Å²) in [6, 6.07) is 9.97. The van der Waals surface area contributed by atoms with Crippen molar-refractivity contribution in [2.75, 3.05) is 7.05 Å². The van der Waals surface area contributed by atoms with Crippen LogP contribution in [0.3, 0.4) is 0 Å². The molecule has 0 spiro atoms. The first-order valence-electron chi connectivity index (χ1n) is 6.07. The molecule has 0 aliphatic carbocycles. The summed E-state index contributed by atoms with van der Waals surface area (Å²) in [5.74, 6) is 0.538. The fourth-order valence-corrected chi connectivity index (χ4v) is 2.51.